The fourth-order valence-electron chi connectivity index (χ4n) is 1.30. The van der Waals surface area contributed by atoms with Gasteiger partial charge in [-0.2, -0.15) is 0 Å². The van der Waals surface area contributed by atoms with E-state index in [1.807, 2.05) is 0 Å². The summed E-state index contributed by atoms with van der Waals surface area (Å²) in [5, 5.41) is 8.51. The number of hydrogen-bond acceptors (Lipinski definition) is 5. The van der Waals surface area contributed by atoms with Crippen molar-refractivity contribution in [2.24, 2.45) is 11.5 Å². The van der Waals surface area contributed by atoms with Crippen LogP contribution in [-0.4, -0.2) is 60.8 Å². The zero-order valence-electron chi connectivity index (χ0n) is 10.1. The summed E-state index contributed by atoms with van der Waals surface area (Å²) >= 11 is 0. The lowest BCUT2D eigenvalue weighted by molar-refractivity contribution is -0.135. The van der Waals surface area contributed by atoms with E-state index in [1.54, 1.807) is 6.92 Å². The third kappa shape index (κ3) is 6.88. The predicted octanol–water partition coefficient (Wildman–Crippen LogP) is -1.95. The summed E-state index contributed by atoms with van der Waals surface area (Å²) in [6.45, 7) is 3.17. The molecule has 0 aromatic carbocycles. The Morgan fingerprint density at radius 1 is 1.41 bits per heavy atom. The number of ether oxygens (including phenoxy) is 1. The van der Waals surface area contributed by atoms with Gasteiger partial charge in [0.15, 0.2) is 0 Å². The number of carbonyl (C=O) groups is 2. The highest BCUT2D eigenvalue weighted by Crippen LogP contribution is 1.97. The van der Waals surface area contributed by atoms with Crippen LogP contribution >= 0.6 is 0 Å². The van der Waals surface area contributed by atoms with Gasteiger partial charge >= 0.3 is 0 Å². The van der Waals surface area contributed by atoms with Crippen molar-refractivity contribution in [2.45, 2.75) is 19.4 Å². The number of likely N-dealkylation sites (N-methyl/N-ethyl adjacent to an activating group) is 1. The van der Waals surface area contributed by atoms with Crippen LogP contribution in [0, 0.1) is 0 Å². The Bertz CT molecular complexity index is 248. The Labute approximate surface area is 101 Å². The van der Waals surface area contributed by atoms with Gasteiger partial charge in [-0.15, -0.1) is 0 Å². The minimum absolute atomic E-state index is 0.0543. The first-order valence-electron chi connectivity index (χ1n) is 5.54. The fourth-order valence-corrected chi connectivity index (χ4v) is 1.30. The quantitative estimate of drug-likeness (QED) is 0.409. The van der Waals surface area contributed by atoms with Crippen LogP contribution < -0.4 is 11.5 Å². The van der Waals surface area contributed by atoms with Crippen LogP contribution in [0.15, 0.2) is 0 Å². The molecule has 0 saturated heterocycles. The lowest BCUT2D eigenvalue weighted by Crippen LogP contribution is -2.46. The lowest BCUT2D eigenvalue weighted by atomic mass is 10.2. The largest absolute Gasteiger partial charge is 0.394 e. The molecule has 2 amide bonds. The maximum Gasteiger partial charge on any atom is 0.240 e. The van der Waals surface area contributed by atoms with Crippen LogP contribution in [0.4, 0.5) is 0 Å². The number of primary amides is 1. The van der Waals surface area contributed by atoms with Crippen LogP contribution in [0.3, 0.4) is 0 Å². The zero-order chi connectivity index (χ0) is 13.3. The molecule has 0 rings (SSSR count). The van der Waals surface area contributed by atoms with E-state index in [0.29, 0.717) is 19.7 Å². The van der Waals surface area contributed by atoms with Crippen molar-refractivity contribution in [3.63, 3.8) is 0 Å². The van der Waals surface area contributed by atoms with Gasteiger partial charge in [0.05, 0.1) is 32.3 Å². The Balaban J connectivity index is 4.06. The number of aliphatic hydroxyl groups is 1. The molecule has 0 bridgehead atoms. The van der Waals surface area contributed by atoms with Gasteiger partial charge in [0.25, 0.3) is 0 Å². The van der Waals surface area contributed by atoms with Crippen molar-refractivity contribution in [2.75, 3.05) is 32.9 Å². The van der Waals surface area contributed by atoms with Crippen LogP contribution in [-0.2, 0) is 14.3 Å². The topological polar surface area (TPSA) is 119 Å². The van der Waals surface area contributed by atoms with Crippen molar-refractivity contribution in [3.8, 4) is 0 Å². The van der Waals surface area contributed by atoms with Gasteiger partial charge in [-0.3, -0.25) is 9.59 Å². The van der Waals surface area contributed by atoms with Gasteiger partial charge < -0.3 is 26.2 Å². The Kier molecular flexibility index (Phi) is 8.29. The van der Waals surface area contributed by atoms with E-state index in [4.69, 9.17) is 21.3 Å². The van der Waals surface area contributed by atoms with Gasteiger partial charge in [-0.05, 0) is 6.92 Å². The monoisotopic (exact) mass is 247 g/mol. The minimum Gasteiger partial charge on any atom is -0.394 e. The SMILES string of the molecule is CCN(CCOCCO)C(=O)C(N)CC(N)=O. The van der Waals surface area contributed by atoms with E-state index in [1.165, 1.54) is 4.90 Å². The van der Waals surface area contributed by atoms with E-state index < -0.39 is 11.9 Å². The standard InChI is InChI=1S/C10H21N3O4/c1-2-13(3-5-17-6-4-14)10(16)8(11)7-9(12)15/h8,14H,2-7,11H2,1H3,(H2,12,15). The molecule has 0 spiro atoms. The second-order valence-electron chi connectivity index (χ2n) is 3.53. The smallest absolute Gasteiger partial charge is 0.240 e. The summed E-state index contributed by atoms with van der Waals surface area (Å²) in [6, 6.07) is -0.898. The summed E-state index contributed by atoms with van der Waals surface area (Å²) in [4.78, 5) is 23.9. The van der Waals surface area contributed by atoms with Crippen molar-refractivity contribution in [3.05, 3.63) is 0 Å². The highest BCUT2D eigenvalue weighted by Gasteiger charge is 2.21. The minimum atomic E-state index is -0.898. The second kappa shape index (κ2) is 8.91. The summed E-state index contributed by atoms with van der Waals surface area (Å²) < 4.78 is 5.05. The van der Waals surface area contributed by atoms with E-state index in [9.17, 15) is 9.59 Å². The molecule has 0 heterocycles. The molecule has 0 aromatic heterocycles. The van der Waals surface area contributed by atoms with E-state index in [0.717, 1.165) is 0 Å². The third-order valence-electron chi connectivity index (χ3n) is 2.17. The summed E-state index contributed by atoms with van der Waals surface area (Å²) in [7, 11) is 0. The molecule has 0 aliphatic heterocycles. The molecule has 0 saturated carbocycles. The number of hydrogen-bond donors (Lipinski definition) is 3. The number of amides is 2. The summed E-state index contributed by atoms with van der Waals surface area (Å²) in [6.07, 6.45) is -0.160. The first-order valence-corrected chi connectivity index (χ1v) is 5.54. The molecule has 0 aliphatic carbocycles. The maximum atomic E-state index is 11.8. The van der Waals surface area contributed by atoms with E-state index in [-0.39, 0.29) is 25.5 Å². The molecule has 0 fully saturated rings. The molecule has 0 radical (unpaired) electrons. The number of carbonyl (C=O) groups excluding carboxylic acids is 2. The molecule has 17 heavy (non-hydrogen) atoms. The molecule has 7 nitrogen and oxygen atoms in total. The summed E-state index contributed by atoms with van der Waals surface area (Å²) in [5.74, 6) is -0.919. The molecule has 0 aliphatic rings. The number of aliphatic hydroxyl groups excluding tert-OH is 1. The first kappa shape index (κ1) is 15.8. The normalized spacial score (nSPS) is 12.2. The van der Waals surface area contributed by atoms with Crippen LogP contribution in [0.25, 0.3) is 0 Å². The van der Waals surface area contributed by atoms with Gasteiger partial charge in [0, 0.05) is 13.1 Å². The zero-order valence-corrected chi connectivity index (χ0v) is 10.1. The highest BCUT2D eigenvalue weighted by atomic mass is 16.5. The van der Waals surface area contributed by atoms with Gasteiger partial charge in [0.1, 0.15) is 0 Å². The molecule has 0 aromatic rings. The molecule has 5 N–H and O–H groups in total. The predicted molar refractivity (Wildman–Crippen MR) is 61.9 cm³/mol. The molecule has 100 valence electrons. The van der Waals surface area contributed by atoms with Crippen molar-refractivity contribution in [1.82, 2.24) is 4.90 Å². The van der Waals surface area contributed by atoms with Crippen molar-refractivity contribution in [1.29, 1.82) is 0 Å². The highest BCUT2D eigenvalue weighted by molar-refractivity contribution is 5.87. The van der Waals surface area contributed by atoms with Gasteiger partial charge in [0.2, 0.25) is 11.8 Å². The molecule has 1 unspecified atom stereocenters. The van der Waals surface area contributed by atoms with Crippen molar-refractivity contribution >= 4 is 11.8 Å². The van der Waals surface area contributed by atoms with Gasteiger partial charge in [-0.1, -0.05) is 0 Å². The Hall–Kier alpha value is -1.18. The summed E-state index contributed by atoms with van der Waals surface area (Å²) in [5.41, 5.74) is 10.5. The lowest BCUT2D eigenvalue weighted by Gasteiger charge is -2.23. The van der Waals surface area contributed by atoms with Crippen molar-refractivity contribution < 1.29 is 19.4 Å². The number of nitrogens with two attached hydrogens (primary N) is 2. The maximum absolute atomic E-state index is 11.8. The molecular weight excluding hydrogens is 226 g/mol. The fraction of sp³-hybridized carbons (Fsp3) is 0.800. The number of rotatable bonds is 9. The van der Waals surface area contributed by atoms with Crippen LogP contribution in [0.1, 0.15) is 13.3 Å². The third-order valence-corrected chi connectivity index (χ3v) is 2.17. The second-order valence-corrected chi connectivity index (χ2v) is 3.53. The number of nitrogens with zero attached hydrogens (tertiary/aromatic N) is 1. The van der Waals surface area contributed by atoms with E-state index >= 15 is 0 Å². The molecular formula is C10H21N3O4. The van der Waals surface area contributed by atoms with E-state index in [2.05, 4.69) is 0 Å². The Morgan fingerprint density at radius 3 is 2.53 bits per heavy atom. The Morgan fingerprint density at radius 2 is 2.06 bits per heavy atom. The average molecular weight is 247 g/mol. The molecule has 1 atom stereocenters. The first-order chi connectivity index (χ1) is 8.02. The molecule has 7 heteroatoms. The van der Waals surface area contributed by atoms with Crippen LogP contribution in [0.2, 0.25) is 0 Å². The average Bonchev–Trinajstić information content (AvgIpc) is 2.27. The van der Waals surface area contributed by atoms with Crippen LogP contribution in [0.5, 0.6) is 0 Å². The van der Waals surface area contributed by atoms with Gasteiger partial charge in [-0.25, -0.2) is 0 Å².